The molecular formula is C9H6N4O3. The second-order valence-electron chi connectivity index (χ2n) is 2.96. The molecule has 0 N–H and O–H groups in total. The number of nitrogens with zero attached hydrogens (tertiary/aromatic N) is 4. The number of aromatic nitrogens is 3. The highest BCUT2D eigenvalue weighted by Crippen LogP contribution is 2.19. The van der Waals surface area contributed by atoms with Gasteiger partial charge in [0, 0.05) is 6.07 Å². The molecule has 80 valence electrons. The van der Waals surface area contributed by atoms with Gasteiger partial charge >= 0.3 is 0 Å². The van der Waals surface area contributed by atoms with Crippen molar-refractivity contribution < 1.29 is 9.72 Å². The Morgan fingerprint density at radius 1 is 1.44 bits per heavy atom. The lowest BCUT2D eigenvalue weighted by Crippen LogP contribution is -1.99. The Morgan fingerprint density at radius 3 is 2.81 bits per heavy atom. The molecule has 0 aliphatic carbocycles. The van der Waals surface area contributed by atoms with Crippen LogP contribution in [-0.4, -0.2) is 26.0 Å². The van der Waals surface area contributed by atoms with E-state index < -0.39 is 4.92 Å². The molecule has 1 aromatic carbocycles. The van der Waals surface area contributed by atoms with Gasteiger partial charge in [-0.05, 0) is 12.1 Å². The highest BCUT2D eigenvalue weighted by Gasteiger charge is 2.13. The summed E-state index contributed by atoms with van der Waals surface area (Å²) in [6, 6.07) is 4.15. The van der Waals surface area contributed by atoms with Crippen LogP contribution in [0.5, 0.6) is 0 Å². The van der Waals surface area contributed by atoms with Gasteiger partial charge in [0.05, 0.1) is 16.2 Å². The zero-order valence-corrected chi connectivity index (χ0v) is 7.98. The number of carbonyl (C=O) groups excluding carboxylic acids is 1. The average molecular weight is 218 g/mol. The van der Waals surface area contributed by atoms with Crippen molar-refractivity contribution >= 4 is 12.0 Å². The second-order valence-corrected chi connectivity index (χ2v) is 2.96. The van der Waals surface area contributed by atoms with E-state index in [-0.39, 0.29) is 11.3 Å². The van der Waals surface area contributed by atoms with Crippen LogP contribution in [0.25, 0.3) is 5.69 Å². The number of carbonyl (C=O) groups is 1. The summed E-state index contributed by atoms with van der Waals surface area (Å²) < 4.78 is 1.41. The third kappa shape index (κ3) is 1.65. The van der Waals surface area contributed by atoms with Crippen LogP contribution < -0.4 is 0 Å². The van der Waals surface area contributed by atoms with Gasteiger partial charge in [0.15, 0.2) is 6.29 Å². The SMILES string of the molecule is O=Cc1cc(-n2cncn2)ccc1[N+](=O)[O-]. The summed E-state index contributed by atoms with van der Waals surface area (Å²) in [6.45, 7) is 0. The zero-order chi connectivity index (χ0) is 11.5. The fourth-order valence-corrected chi connectivity index (χ4v) is 1.29. The molecule has 7 nitrogen and oxygen atoms in total. The number of nitro benzene ring substituents is 1. The smallest absolute Gasteiger partial charge is 0.280 e. The van der Waals surface area contributed by atoms with Gasteiger partial charge in [-0.3, -0.25) is 14.9 Å². The molecule has 0 bridgehead atoms. The monoisotopic (exact) mass is 218 g/mol. The summed E-state index contributed by atoms with van der Waals surface area (Å²) in [4.78, 5) is 24.4. The normalized spacial score (nSPS) is 10.0. The lowest BCUT2D eigenvalue weighted by molar-refractivity contribution is -0.385. The number of nitro groups is 1. The molecule has 0 fully saturated rings. The molecule has 2 rings (SSSR count). The van der Waals surface area contributed by atoms with E-state index in [0.29, 0.717) is 12.0 Å². The van der Waals surface area contributed by atoms with Crippen molar-refractivity contribution in [3.8, 4) is 5.69 Å². The minimum Gasteiger partial charge on any atom is -0.298 e. The third-order valence-electron chi connectivity index (χ3n) is 2.02. The molecule has 0 amide bonds. The van der Waals surface area contributed by atoms with Gasteiger partial charge in [0.2, 0.25) is 0 Å². The standard InChI is InChI=1S/C9H6N4O3/c14-4-7-3-8(12-6-10-5-11-12)1-2-9(7)13(15)16/h1-6H. The number of rotatable bonds is 3. The van der Waals surface area contributed by atoms with E-state index in [1.165, 1.54) is 35.5 Å². The van der Waals surface area contributed by atoms with Crippen molar-refractivity contribution in [1.29, 1.82) is 0 Å². The van der Waals surface area contributed by atoms with E-state index in [4.69, 9.17) is 0 Å². The van der Waals surface area contributed by atoms with E-state index in [1.54, 1.807) is 0 Å². The van der Waals surface area contributed by atoms with Gasteiger partial charge in [0.1, 0.15) is 12.7 Å². The molecule has 0 radical (unpaired) electrons. The topological polar surface area (TPSA) is 90.9 Å². The highest BCUT2D eigenvalue weighted by molar-refractivity contribution is 5.82. The minimum atomic E-state index is -0.602. The first-order chi connectivity index (χ1) is 7.72. The lowest BCUT2D eigenvalue weighted by atomic mass is 10.2. The largest absolute Gasteiger partial charge is 0.298 e. The van der Waals surface area contributed by atoms with Gasteiger partial charge in [0.25, 0.3) is 5.69 Å². The van der Waals surface area contributed by atoms with E-state index >= 15 is 0 Å². The van der Waals surface area contributed by atoms with Gasteiger partial charge in [-0.1, -0.05) is 0 Å². The maximum atomic E-state index is 10.7. The molecule has 2 aromatic rings. The van der Waals surface area contributed by atoms with Crippen molar-refractivity contribution in [3.63, 3.8) is 0 Å². The third-order valence-corrected chi connectivity index (χ3v) is 2.02. The molecule has 0 aliphatic rings. The van der Waals surface area contributed by atoms with Gasteiger partial charge in [-0.25, -0.2) is 9.67 Å². The summed E-state index contributed by atoms with van der Waals surface area (Å²) in [5.74, 6) is 0. The average Bonchev–Trinajstić information content (AvgIpc) is 2.81. The van der Waals surface area contributed by atoms with E-state index in [1.807, 2.05) is 0 Å². The van der Waals surface area contributed by atoms with E-state index in [9.17, 15) is 14.9 Å². The molecule has 1 aromatic heterocycles. The predicted molar refractivity (Wildman–Crippen MR) is 53.4 cm³/mol. The fourth-order valence-electron chi connectivity index (χ4n) is 1.29. The van der Waals surface area contributed by atoms with E-state index in [0.717, 1.165) is 0 Å². The Bertz CT molecular complexity index is 536. The number of hydrogen-bond acceptors (Lipinski definition) is 5. The Labute approximate surface area is 89.5 Å². The first-order valence-electron chi connectivity index (χ1n) is 4.31. The van der Waals surface area contributed by atoms with Crippen molar-refractivity contribution in [3.05, 3.63) is 46.5 Å². The fraction of sp³-hybridized carbons (Fsp3) is 0. The van der Waals surface area contributed by atoms with Gasteiger partial charge < -0.3 is 0 Å². The van der Waals surface area contributed by atoms with E-state index in [2.05, 4.69) is 10.1 Å². The first kappa shape index (κ1) is 9.97. The maximum absolute atomic E-state index is 10.7. The molecule has 7 heteroatoms. The summed E-state index contributed by atoms with van der Waals surface area (Å²) in [6.07, 6.45) is 3.22. The molecule has 1 heterocycles. The van der Waals surface area contributed by atoms with Crippen LogP contribution in [0.15, 0.2) is 30.9 Å². The maximum Gasteiger partial charge on any atom is 0.280 e. The molecule has 0 aliphatic heterocycles. The highest BCUT2D eigenvalue weighted by atomic mass is 16.6. The van der Waals surface area contributed by atoms with Crippen LogP contribution in [0.2, 0.25) is 0 Å². The Balaban J connectivity index is 2.53. The van der Waals surface area contributed by atoms with Crippen molar-refractivity contribution in [1.82, 2.24) is 14.8 Å². The molecule has 0 spiro atoms. The Kier molecular flexibility index (Phi) is 2.42. The van der Waals surface area contributed by atoms with Gasteiger partial charge in [-0.15, -0.1) is 0 Å². The quantitative estimate of drug-likeness (QED) is 0.435. The lowest BCUT2D eigenvalue weighted by Gasteiger charge is -2.01. The number of aldehydes is 1. The molecule has 0 saturated carbocycles. The summed E-state index contributed by atoms with van der Waals surface area (Å²) >= 11 is 0. The minimum absolute atomic E-state index is 0.0120. The Morgan fingerprint density at radius 2 is 2.25 bits per heavy atom. The predicted octanol–water partition coefficient (Wildman–Crippen LogP) is 0.988. The van der Waals surface area contributed by atoms with Crippen molar-refractivity contribution in [2.45, 2.75) is 0 Å². The number of hydrogen-bond donors (Lipinski definition) is 0. The Hall–Kier alpha value is -2.57. The molecule has 16 heavy (non-hydrogen) atoms. The molecule has 0 saturated heterocycles. The van der Waals surface area contributed by atoms with Crippen LogP contribution in [0.4, 0.5) is 5.69 Å². The summed E-state index contributed by atoms with van der Waals surface area (Å²) in [5, 5.41) is 14.4. The number of benzene rings is 1. The van der Waals surface area contributed by atoms with Crippen LogP contribution in [0.3, 0.4) is 0 Å². The van der Waals surface area contributed by atoms with Crippen molar-refractivity contribution in [2.75, 3.05) is 0 Å². The van der Waals surface area contributed by atoms with Crippen LogP contribution in [-0.2, 0) is 0 Å². The molecule has 0 atom stereocenters. The van der Waals surface area contributed by atoms with Crippen molar-refractivity contribution in [2.24, 2.45) is 0 Å². The second kappa shape index (κ2) is 3.89. The molecular weight excluding hydrogens is 212 g/mol. The van der Waals surface area contributed by atoms with Crippen LogP contribution >= 0.6 is 0 Å². The zero-order valence-electron chi connectivity index (χ0n) is 7.98. The van der Waals surface area contributed by atoms with Gasteiger partial charge in [-0.2, -0.15) is 5.10 Å². The summed E-state index contributed by atoms with van der Waals surface area (Å²) in [5.41, 5.74) is 0.335. The first-order valence-corrected chi connectivity index (χ1v) is 4.31. The van der Waals surface area contributed by atoms with Crippen LogP contribution in [0, 0.1) is 10.1 Å². The summed E-state index contributed by atoms with van der Waals surface area (Å²) in [7, 11) is 0. The van der Waals surface area contributed by atoms with Crippen LogP contribution in [0.1, 0.15) is 10.4 Å². The molecule has 0 unspecified atom stereocenters.